The molecule has 4 rings (SSSR count). The molecule has 2 aliphatic rings. The average molecular weight is 511 g/mol. The third kappa shape index (κ3) is 6.25. The molecular formula is C24H33F3N4O3Si. The van der Waals surface area contributed by atoms with Crippen LogP contribution < -0.4 is 20.5 Å². The first kappa shape index (κ1) is 25.7. The molecule has 192 valence electrons. The summed E-state index contributed by atoms with van der Waals surface area (Å²) in [4.78, 5) is 14.4. The van der Waals surface area contributed by atoms with E-state index in [-0.39, 0.29) is 31.6 Å². The molecule has 0 atom stereocenters. The van der Waals surface area contributed by atoms with E-state index in [0.717, 1.165) is 54.0 Å². The highest BCUT2D eigenvalue weighted by molar-refractivity contribution is 6.76. The molecule has 0 saturated carbocycles. The minimum absolute atomic E-state index is 0.0779. The molecule has 7 nitrogen and oxygen atoms in total. The van der Waals surface area contributed by atoms with Gasteiger partial charge in [-0.05, 0) is 43.6 Å². The van der Waals surface area contributed by atoms with Crippen molar-refractivity contribution in [3.05, 3.63) is 51.4 Å². The molecule has 2 aromatic rings. The lowest BCUT2D eigenvalue weighted by Crippen LogP contribution is -2.35. The van der Waals surface area contributed by atoms with Crippen molar-refractivity contribution < 1.29 is 22.6 Å². The third-order valence-corrected chi connectivity index (χ3v) is 8.08. The number of aromatic nitrogens is 2. The number of nitrogens with zero attached hydrogens (tertiary/aromatic N) is 3. The molecule has 0 spiro atoms. The highest BCUT2D eigenvalue weighted by Crippen LogP contribution is 2.39. The van der Waals surface area contributed by atoms with E-state index < -0.39 is 25.4 Å². The van der Waals surface area contributed by atoms with E-state index in [9.17, 15) is 18.0 Å². The predicted octanol–water partition coefficient (Wildman–Crippen LogP) is 4.23. The summed E-state index contributed by atoms with van der Waals surface area (Å²) in [5, 5.41) is 7.31. The normalized spacial score (nSPS) is 17.0. The second-order valence-corrected chi connectivity index (χ2v) is 16.0. The molecule has 1 aromatic carbocycles. The Morgan fingerprint density at radius 1 is 1.17 bits per heavy atom. The zero-order valence-electron chi connectivity index (χ0n) is 20.5. The molecule has 1 fully saturated rings. The second-order valence-electron chi connectivity index (χ2n) is 10.4. The number of anilines is 1. The van der Waals surface area contributed by atoms with Crippen LogP contribution in [0.2, 0.25) is 25.7 Å². The standard InChI is InChI=1S/C24H33F3N4O3Si/c1-35(2,3)12-11-33-16-31-23(32)22(24(25,26)27)20(13-29-31)30-14-17-5-4-6-21(19(17)15-30)34-18-7-9-28-10-8-18/h4-6,13,18,28H,7-12,14-16H2,1-3H3. The van der Waals surface area contributed by atoms with Crippen molar-refractivity contribution in [1.82, 2.24) is 15.1 Å². The lowest BCUT2D eigenvalue weighted by Gasteiger charge is -2.25. The van der Waals surface area contributed by atoms with Crippen LogP contribution in [0.25, 0.3) is 0 Å². The van der Waals surface area contributed by atoms with E-state index in [2.05, 4.69) is 30.1 Å². The van der Waals surface area contributed by atoms with Gasteiger partial charge in [-0.3, -0.25) is 4.79 Å². The van der Waals surface area contributed by atoms with Gasteiger partial charge in [-0.25, -0.2) is 4.68 Å². The molecule has 2 aliphatic heterocycles. The summed E-state index contributed by atoms with van der Waals surface area (Å²) in [5.41, 5.74) is -0.869. The van der Waals surface area contributed by atoms with Crippen LogP contribution in [0.5, 0.6) is 5.75 Å². The number of ether oxygens (including phenoxy) is 2. The minimum atomic E-state index is -4.82. The average Bonchev–Trinajstić information content (AvgIpc) is 3.22. The number of alkyl halides is 3. The van der Waals surface area contributed by atoms with Crippen molar-refractivity contribution in [3.8, 4) is 5.75 Å². The summed E-state index contributed by atoms with van der Waals surface area (Å²) in [5.74, 6) is 0.697. The molecule has 1 aromatic heterocycles. The fraction of sp³-hybridized carbons (Fsp3) is 0.583. The van der Waals surface area contributed by atoms with Crippen LogP contribution in [0.3, 0.4) is 0 Å². The van der Waals surface area contributed by atoms with Crippen LogP contribution in [0.4, 0.5) is 18.9 Å². The zero-order chi connectivity index (χ0) is 25.2. The van der Waals surface area contributed by atoms with E-state index in [1.165, 1.54) is 0 Å². The maximum Gasteiger partial charge on any atom is 0.423 e. The Morgan fingerprint density at radius 3 is 2.60 bits per heavy atom. The summed E-state index contributed by atoms with van der Waals surface area (Å²) in [6, 6.07) is 6.46. The molecule has 1 N–H and O–H groups in total. The van der Waals surface area contributed by atoms with Gasteiger partial charge < -0.3 is 19.7 Å². The first-order valence-electron chi connectivity index (χ1n) is 12.0. The van der Waals surface area contributed by atoms with Crippen LogP contribution in [0.1, 0.15) is 29.5 Å². The van der Waals surface area contributed by atoms with Gasteiger partial charge in [0.2, 0.25) is 0 Å². The lowest BCUT2D eigenvalue weighted by molar-refractivity contribution is -0.138. The molecule has 0 unspecified atom stereocenters. The minimum Gasteiger partial charge on any atom is -0.490 e. The monoisotopic (exact) mass is 510 g/mol. The van der Waals surface area contributed by atoms with Crippen molar-refractivity contribution in [3.63, 3.8) is 0 Å². The quantitative estimate of drug-likeness (QED) is 0.424. The largest absolute Gasteiger partial charge is 0.490 e. The summed E-state index contributed by atoms with van der Waals surface area (Å²) >= 11 is 0. The van der Waals surface area contributed by atoms with Gasteiger partial charge in [0.25, 0.3) is 5.56 Å². The van der Waals surface area contributed by atoms with Crippen LogP contribution in [0.15, 0.2) is 29.2 Å². The molecule has 0 bridgehead atoms. The topological polar surface area (TPSA) is 68.6 Å². The fourth-order valence-electron chi connectivity index (χ4n) is 4.37. The summed E-state index contributed by atoms with van der Waals surface area (Å²) in [7, 11) is -1.36. The van der Waals surface area contributed by atoms with Crippen LogP contribution in [-0.2, 0) is 30.7 Å². The van der Waals surface area contributed by atoms with Crippen molar-refractivity contribution in [2.24, 2.45) is 0 Å². The first-order chi connectivity index (χ1) is 16.5. The zero-order valence-corrected chi connectivity index (χ0v) is 21.5. The molecule has 11 heteroatoms. The third-order valence-electron chi connectivity index (χ3n) is 6.38. The Kier molecular flexibility index (Phi) is 7.58. The van der Waals surface area contributed by atoms with E-state index in [1.54, 1.807) is 4.90 Å². The van der Waals surface area contributed by atoms with Crippen molar-refractivity contribution in [1.29, 1.82) is 0 Å². The number of halogens is 3. The molecule has 0 amide bonds. The van der Waals surface area contributed by atoms with Gasteiger partial charge in [0.05, 0.1) is 11.9 Å². The number of piperidine rings is 1. The summed E-state index contributed by atoms with van der Waals surface area (Å²) < 4.78 is 54.7. The Balaban J connectivity index is 1.55. The molecule has 1 saturated heterocycles. The smallest absolute Gasteiger partial charge is 0.423 e. The molecule has 35 heavy (non-hydrogen) atoms. The van der Waals surface area contributed by atoms with E-state index >= 15 is 0 Å². The Morgan fingerprint density at radius 2 is 1.91 bits per heavy atom. The van der Waals surface area contributed by atoms with Crippen molar-refractivity contribution >= 4 is 13.8 Å². The van der Waals surface area contributed by atoms with Crippen molar-refractivity contribution in [2.45, 2.75) is 70.6 Å². The number of benzene rings is 1. The number of hydrogen-bond acceptors (Lipinski definition) is 6. The maximum atomic E-state index is 14.1. The highest BCUT2D eigenvalue weighted by atomic mass is 28.3. The second kappa shape index (κ2) is 10.3. The Labute approximate surface area is 204 Å². The van der Waals surface area contributed by atoms with E-state index in [4.69, 9.17) is 9.47 Å². The van der Waals surface area contributed by atoms with Gasteiger partial charge in [-0.1, -0.05) is 31.8 Å². The van der Waals surface area contributed by atoms with Crippen molar-refractivity contribution in [2.75, 3.05) is 24.6 Å². The SMILES string of the molecule is C[Si](C)(C)CCOCn1ncc(N2Cc3cccc(OC4CCNCC4)c3C2)c(C(F)(F)F)c1=O. The molecule has 0 aliphatic carbocycles. The number of fused-ring (bicyclic) bond motifs is 1. The van der Waals surface area contributed by atoms with Gasteiger partial charge in [0.1, 0.15) is 24.1 Å². The van der Waals surface area contributed by atoms with Gasteiger partial charge in [0, 0.05) is 33.3 Å². The van der Waals surface area contributed by atoms with Gasteiger partial charge >= 0.3 is 6.18 Å². The van der Waals surface area contributed by atoms with Crippen LogP contribution in [-0.4, -0.2) is 43.7 Å². The Bertz CT molecular complexity index is 1090. The molecule has 3 heterocycles. The van der Waals surface area contributed by atoms with Gasteiger partial charge in [-0.2, -0.15) is 18.3 Å². The van der Waals surface area contributed by atoms with Crippen LogP contribution in [0, 0.1) is 0 Å². The molecular weight excluding hydrogens is 477 g/mol. The number of rotatable bonds is 8. The summed E-state index contributed by atoms with van der Waals surface area (Å²) in [6.07, 6.45) is -1.85. The maximum absolute atomic E-state index is 14.1. The Hall–Kier alpha value is -2.37. The van der Waals surface area contributed by atoms with E-state index in [0.29, 0.717) is 12.4 Å². The van der Waals surface area contributed by atoms with Gasteiger partial charge in [-0.15, -0.1) is 0 Å². The number of nitrogens with one attached hydrogen (secondary N) is 1. The fourth-order valence-corrected chi connectivity index (χ4v) is 5.13. The lowest BCUT2D eigenvalue weighted by atomic mass is 10.1. The predicted molar refractivity (Wildman–Crippen MR) is 130 cm³/mol. The number of hydrogen-bond donors (Lipinski definition) is 1. The van der Waals surface area contributed by atoms with E-state index in [1.807, 2.05) is 18.2 Å². The van der Waals surface area contributed by atoms with Gasteiger partial charge in [0.15, 0.2) is 0 Å². The summed E-state index contributed by atoms with van der Waals surface area (Å²) in [6.45, 7) is 8.83. The first-order valence-corrected chi connectivity index (χ1v) is 15.7. The highest BCUT2D eigenvalue weighted by Gasteiger charge is 2.40. The molecule has 0 radical (unpaired) electrons. The van der Waals surface area contributed by atoms with Crippen LogP contribution >= 0.6 is 0 Å².